The van der Waals surface area contributed by atoms with Gasteiger partial charge in [-0.2, -0.15) is 0 Å². The van der Waals surface area contributed by atoms with E-state index in [9.17, 15) is 9.59 Å². The first-order chi connectivity index (χ1) is 9.95. The molecule has 0 bridgehead atoms. The number of hydrogen-bond donors (Lipinski definition) is 1. The summed E-state index contributed by atoms with van der Waals surface area (Å²) in [7, 11) is 0. The van der Waals surface area contributed by atoms with Crippen LogP contribution in [0.2, 0.25) is 0 Å². The molecule has 1 N–H and O–H groups in total. The molecule has 5 heteroatoms. The number of nitrogens with one attached hydrogen (secondary N) is 1. The molecule has 116 valence electrons. The number of carbonyl (C=O) groups excluding carboxylic acids is 2. The molecule has 1 saturated heterocycles. The molecule has 0 radical (unpaired) electrons. The molecule has 0 aromatic carbocycles. The highest BCUT2D eigenvalue weighted by atomic mass is 32.1. The van der Waals surface area contributed by atoms with Gasteiger partial charge in [-0.1, -0.05) is 40.2 Å². The molecular formula is C16H24N2O2S. The van der Waals surface area contributed by atoms with Gasteiger partial charge in [0.2, 0.25) is 11.8 Å². The van der Waals surface area contributed by atoms with Crippen LogP contribution in [0.1, 0.15) is 45.0 Å². The van der Waals surface area contributed by atoms with Crippen LogP contribution in [0.25, 0.3) is 0 Å². The van der Waals surface area contributed by atoms with Crippen molar-refractivity contribution in [2.75, 3.05) is 6.54 Å². The quantitative estimate of drug-likeness (QED) is 0.909. The molecule has 0 saturated carbocycles. The number of thiophene rings is 1. The van der Waals surface area contributed by atoms with E-state index >= 15 is 0 Å². The van der Waals surface area contributed by atoms with Gasteiger partial charge in [-0.3, -0.25) is 9.59 Å². The number of hydrogen-bond acceptors (Lipinski definition) is 3. The molecule has 1 fully saturated rings. The van der Waals surface area contributed by atoms with Gasteiger partial charge in [0.1, 0.15) is 12.6 Å². The van der Waals surface area contributed by atoms with Gasteiger partial charge < -0.3 is 10.2 Å². The third kappa shape index (κ3) is 3.28. The van der Waals surface area contributed by atoms with Crippen LogP contribution in [0.3, 0.4) is 0 Å². The summed E-state index contributed by atoms with van der Waals surface area (Å²) in [6.07, 6.45) is 0.871. The number of nitrogens with zero attached hydrogens (tertiary/aromatic N) is 1. The molecule has 0 spiro atoms. The van der Waals surface area contributed by atoms with E-state index in [0.29, 0.717) is 0 Å². The molecule has 1 aromatic heterocycles. The minimum Gasteiger partial charge on any atom is -0.342 e. The monoisotopic (exact) mass is 308 g/mol. The first-order valence-electron chi connectivity index (χ1n) is 7.59. The van der Waals surface area contributed by atoms with Crippen molar-refractivity contribution in [1.29, 1.82) is 0 Å². The van der Waals surface area contributed by atoms with Crippen molar-refractivity contribution in [3.8, 4) is 0 Å². The second-order valence-corrected chi connectivity index (χ2v) is 7.08. The maximum atomic E-state index is 12.8. The fourth-order valence-corrected chi connectivity index (χ4v) is 3.86. The highest BCUT2D eigenvalue weighted by Gasteiger charge is 2.40. The van der Waals surface area contributed by atoms with E-state index in [1.54, 1.807) is 16.2 Å². The fraction of sp³-hybridized carbons (Fsp3) is 0.625. The summed E-state index contributed by atoms with van der Waals surface area (Å²) in [5.41, 5.74) is 0. The largest absolute Gasteiger partial charge is 0.342 e. The van der Waals surface area contributed by atoms with Crippen molar-refractivity contribution in [2.45, 2.75) is 46.2 Å². The lowest BCUT2D eigenvalue weighted by molar-refractivity contribution is -0.149. The van der Waals surface area contributed by atoms with E-state index in [1.165, 1.54) is 0 Å². The van der Waals surface area contributed by atoms with E-state index in [-0.39, 0.29) is 36.2 Å². The van der Waals surface area contributed by atoms with Crippen molar-refractivity contribution in [1.82, 2.24) is 10.2 Å². The van der Waals surface area contributed by atoms with Crippen LogP contribution in [-0.4, -0.2) is 29.3 Å². The summed E-state index contributed by atoms with van der Waals surface area (Å²) in [5, 5.41) is 4.88. The van der Waals surface area contributed by atoms with Crippen LogP contribution in [0.5, 0.6) is 0 Å². The standard InChI is InChI=1S/C16H24N2O2S/c1-5-11(4)14-16(20)18(9-13(19)17-14)15(10(2)3)12-7-6-8-21-12/h6-8,10-11,14-15H,5,9H2,1-4H3,(H,17,19). The smallest absolute Gasteiger partial charge is 0.246 e. The molecule has 21 heavy (non-hydrogen) atoms. The number of rotatable bonds is 5. The molecule has 0 aliphatic carbocycles. The Morgan fingerprint density at radius 2 is 2.10 bits per heavy atom. The first-order valence-corrected chi connectivity index (χ1v) is 8.46. The Kier molecular flexibility index (Phi) is 5.04. The predicted octanol–water partition coefficient (Wildman–Crippen LogP) is 2.82. The molecule has 2 heterocycles. The van der Waals surface area contributed by atoms with Crippen LogP contribution in [0, 0.1) is 11.8 Å². The molecule has 1 aliphatic heterocycles. The van der Waals surface area contributed by atoms with Gasteiger partial charge >= 0.3 is 0 Å². The molecule has 2 amide bonds. The van der Waals surface area contributed by atoms with Gasteiger partial charge in [0.25, 0.3) is 0 Å². The minimum absolute atomic E-state index is 0.0184. The Balaban J connectivity index is 2.31. The summed E-state index contributed by atoms with van der Waals surface area (Å²) >= 11 is 1.65. The van der Waals surface area contributed by atoms with E-state index < -0.39 is 6.04 Å². The third-order valence-electron chi connectivity index (χ3n) is 4.19. The zero-order valence-electron chi connectivity index (χ0n) is 13.1. The van der Waals surface area contributed by atoms with E-state index in [4.69, 9.17) is 0 Å². The number of piperazine rings is 1. The SMILES string of the molecule is CCC(C)C1NC(=O)CN(C(c2cccs2)C(C)C)C1=O. The molecule has 3 atom stereocenters. The van der Waals surface area contributed by atoms with Crippen molar-refractivity contribution in [3.63, 3.8) is 0 Å². The van der Waals surface area contributed by atoms with E-state index in [0.717, 1.165) is 11.3 Å². The zero-order chi connectivity index (χ0) is 15.6. The summed E-state index contributed by atoms with van der Waals surface area (Å²) in [5.74, 6) is 0.426. The van der Waals surface area contributed by atoms with Crippen LogP contribution in [0.4, 0.5) is 0 Å². The van der Waals surface area contributed by atoms with Crippen LogP contribution in [-0.2, 0) is 9.59 Å². The molecule has 2 rings (SSSR count). The maximum Gasteiger partial charge on any atom is 0.246 e. The fourth-order valence-electron chi connectivity index (χ4n) is 2.85. The second kappa shape index (κ2) is 6.60. The predicted molar refractivity (Wildman–Crippen MR) is 85.0 cm³/mol. The Morgan fingerprint density at radius 3 is 2.62 bits per heavy atom. The highest BCUT2D eigenvalue weighted by molar-refractivity contribution is 7.10. The lowest BCUT2D eigenvalue weighted by Crippen LogP contribution is -2.61. The first kappa shape index (κ1) is 16.0. The normalized spacial score (nSPS) is 22.3. The van der Waals surface area contributed by atoms with Crippen LogP contribution in [0.15, 0.2) is 17.5 Å². The summed E-state index contributed by atoms with van der Waals surface area (Å²) in [6, 6.07) is 3.64. The van der Waals surface area contributed by atoms with Gasteiger partial charge in [0.15, 0.2) is 0 Å². The van der Waals surface area contributed by atoms with Crippen molar-refractivity contribution in [2.24, 2.45) is 11.8 Å². The topological polar surface area (TPSA) is 49.4 Å². The van der Waals surface area contributed by atoms with Gasteiger partial charge in [-0.25, -0.2) is 0 Å². The molecule has 3 unspecified atom stereocenters. The van der Waals surface area contributed by atoms with Crippen molar-refractivity contribution in [3.05, 3.63) is 22.4 Å². The van der Waals surface area contributed by atoms with Gasteiger partial charge in [-0.15, -0.1) is 11.3 Å². The van der Waals surface area contributed by atoms with E-state index in [1.807, 2.05) is 31.4 Å². The molecule has 1 aromatic rings. The Morgan fingerprint density at radius 1 is 1.38 bits per heavy atom. The molecule has 4 nitrogen and oxygen atoms in total. The van der Waals surface area contributed by atoms with Gasteiger partial charge in [-0.05, 0) is 23.3 Å². The highest BCUT2D eigenvalue weighted by Crippen LogP contribution is 2.33. The Hall–Kier alpha value is -1.36. The number of carbonyl (C=O) groups is 2. The summed E-state index contributed by atoms with van der Waals surface area (Å²) < 4.78 is 0. The molecular weight excluding hydrogens is 284 g/mol. The van der Waals surface area contributed by atoms with Gasteiger partial charge in [0, 0.05) is 4.88 Å². The number of amides is 2. The van der Waals surface area contributed by atoms with Crippen molar-refractivity contribution >= 4 is 23.2 Å². The van der Waals surface area contributed by atoms with Crippen LogP contribution < -0.4 is 5.32 Å². The Bertz CT molecular complexity index is 498. The second-order valence-electron chi connectivity index (χ2n) is 6.10. The lowest BCUT2D eigenvalue weighted by Gasteiger charge is -2.40. The molecule has 1 aliphatic rings. The minimum atomic E-state index is -0.391. The lowest BCUT2D eigenvalue weighted by atomic mass is 9.93. The summed E-state index contributed by atoms with van der Waals surface area (Å²) in [4.78, 5) is 27.8. The maximum absolute atomic E-state index is 12.8. The van der Waals surface area contributed by atoms with Crippen LogP contribution >= 0.6 is 11.3 Å². The summed E-state index contributed by atoms with van der Waals surface area (Å²) in [6.45, 7) is 8.42. The Labute approximate surface area is 130 Å². The third-order valence-corrected chi connectivity index (χ3v) is 5.14. The van der Waals surface area contributed by atoms with Crippen molar-refractivity contribution < 1.29 is 9.59 Å². The van der Waals surface area contributed by atoms with Gasteiger partial charge in [0.05, 0.1) is 6.04 Å². The van der Waals surface area contributed by atoms with E-state index in [2.05, 4.69) is 19.2 Å². The average Bonchev–Trinajstić information content (AvgIpc) is 2.95. The zero-order valence-corrected chi connectivity index (χ0v) is 13.9. The average molecular weight is 308 g/mol.